The lowest BCUT2D eigenvalue weighted by Crippen LogP contribution is -2.25. The summed E-state index contributed by atoms with van der Waals surface area (Å²) in [6, 6.07) is 7.63. The van der Waals surface area contributed by atoms with Gasteiger partial charge < -0.3 is 9.32 Å². The predicted molar refractivity (Wildman–Crippen MR) is 100.0 cm³/mol. The molecule has 2 heterocycles. The highest BCUT2D eigenvalue weighted by molar-refractivity contribution is 7.07. The number of hydrogen-bond donors (Lipinski definition) is 0. The molecule has 1 aliphatic rings. The molecular formula is C20H22N2O2S. The fourth-order valence-electron chi connectivity index (χ4n) is 3.55. The number of carbonyl (C=O) groups excluding carboxylic acids is 1. The van der Waals surface area contributed by atoms with Crippen LogP contribution >= 0.6 is 11.3 Å². The van der Waals surface area contributed by atoms with Crippen molar-refractivity contribution in [3.05, 3.63) is 52.0 Å². The number of oxazole rings is 1. The minimum Gasteiger partial charge on any atom is -0.440 e. The molecule has 1 saturated carbocycles. The third-order valence-electron chi connectivity index (χ3n) is 4.95. The molecule has 1 aromatic carbocycles. The Bertz CT molecular complexity index is 863. The van der Waals surface area contributed by atoms with Gasteiger partial charge in [0.2, 0.25) is 0 Å². The van der Waals surface area contributed by atoms with Crippen LogP contribution in [0, 0.1) is 0 Å². The number of nitrogens with zero attached hydrogens (tertiary/aromatic N) is 2. The van der Waals surface area contributed by atoms with Crippen LogP contribution in [0.25, 0.3) is 11.1 Å². The van der Waals surface area contributed by atoms with Crippen LogP contribution in [0.1, 0.15) is 59.8 Å². The lowest BCUT2D eigenvalue weighted by atomic mass is 9.89. The number of carbonyl (C=O) groups is 1. The van der Waals surface area contributed by atoms with Crippen molar-refractivity contribution in [3.63, 3.8) is 0 Å². The van der Waals surface area contributed by atoms with Crippen LogP contribution in [-0.4, -0.2) is 22.8 Å². The number of benzene rings is 1. The average molecular weight is 354 g/mol. The van der Waals surface area contributed by atoms with Crippen molar-refractivity contribution in [3.8, 4) is 0 Å². The molecule has 3 aromatic rings. The van der Waals surface area contributed by atoms with E-state index in [0.717, 1.165) is 35.4 Å². The van der Waals surface area contributed by atoms with E-state index in [9.17, 15) is 4.79 Å². The van der Waals surface area contributed by atoms with Crippen molar-refractivity contribution in [1.82, 2.24) is 9.88 Å². The molecule has 4 rings (SSSR count). The molecule has 0 aliphatic heterocycles. The number of amides is 1. The van der Waals surface area contributed by atoms with Gasteiger partial charge in [-0.25, -0.2) is 4.98 Å². The number of rotatable bonds is 4. The quantitative estimate of drug-likeness (QED) is 0.646. The standard InChI is InChI=1S/C20H22N2O2S/c1-22(12-14-9-10-25-13-14)20(23)16-7-8-17-18(11-16)24-19(21-17)15-5-3-2-4-6-15/h7-11,13,15H,2-6,12H2,1H3. The highest BCUT2D eigenvalue weighted by Gasteiger charge is 2.21. The minimum absolute atomic E-state index is 0.00344. The average Bonchev–Trinajstić information content (AvgIpc) is 3.30. The summed E-state index contributed by atoms with van der Waals surface area (Å²) in [5.74, 6) is 1.27. The Morgan fingerprint density at radius 2 is 2.12 bits per heavy atom. The van der Waals surface area contributed by atoms with Crippen molar-refractivity contribution in [2.45, 2.75) is 44.6 Å². The van der Waals surface area contributed by atoms with Gasteiger partial charge in [0.05, 0.1) is 0 Å². The molecular weight excluding hydrogens is 332 g/mol. The molecule has 0 bridgehead atoms. The van der Waals surface area contributed by atoms with Crippen LogP contribution < -0.4 is 0 Å². The summed E-state index contributed by atoms with van der Waals surface area (Å²) in [7, 11) is 1.83. The number of fused-ring (bicyclic) bond motifs is 1. The Balaban J connectivity index is 1.54. The zero-order valence-electron chi connectivity index (χ0n) is 14.4. The van der Waals surface area contributed by atoms with Gasteiger partial charge in [-0.15, -0.1) is 0 Å². The third kappa shape index (κ3) is 3.47. The van der Waals surface area contributed by atoms with Crippen molar-refractivity contribution in [2.75, 3.05) is 7.05 Å². The van der Waals surface area contributed by atoms with Gasteiger partial charge in [0, 0.05) is 25.1 Å². The topological polar surface area (TPSA) is 46.3 Å². The summed E-state index contributed by atoms with van der Waals surface area (Å²) in [5.41, 5.74) is 3.37. The van der Waals surface area contributed by atoms with Crippen LogP contribution in [-0.2, 0) is 6.54 Å². The molecule has 5 heteroatoms. The number of aromatic nitrogens is 1. The smallest absolute Gasteiger partial charge is 0.254 e. The predicted octanol–water partition coefficient (Wildman–Crippen LogP) is 5.21. The van der Waals surface area contributed by atoms with E-state index in [1.165, 1.54) is 19.3 Å². The van der Waals surface area contributed by atoms with Gasteiger partial charge in [-0.3, -0.25) is 4.79 Å². The molecule has 4 nitrogen and oxygen atoms in total. The summed E-state index contributed by atoms with van der Waals surface area (Å²) in [5, 5.41) is 4.10. The zero-order chi connectivity index (χ0) is 17.2. The first kappa shape index (κ1) is 16.3. The molecule has 0 saturated heterocycles. The SMILES string of the molecule is CN(Cc1ccsc1)C(=O)c1ccc2nc(C3CCCCC3)oc2c1. The largest absolute Gasteiger partial charge is 0.440 e. The molecule has 130 valence electrons. The second kappa shape index (κ2) is 7.00. The molecule has 1 fully saturated rings. The highest BCUT2D eigenvalue weighted by Crippen LogP contribution is 2.33. The molecule has 1 amide bonds. The van der Waals surface area contributed by atoms with E-state index in [-0.39, 0.29) is 5.91 Å². The van der Waals surface area contributed by atoms with Gasteiger partial charge in [-0.2, -0.15) is 11.3 Å². The Labute approximate surface area is 151 Å². The molecule has 0 radical (unpaired) electrons. The fourth-order valence-corrected chi connectivity index (χ4v) is 4.21. The van der Waals surface area contributed by atoms with Gasteiger partial charge in [-0.05, 0) is 53.4 Å². The summed E-state index contributed by atoms with van der Waals surface area (Å²) in [6.45, 7) is 0.615. The monoisotopic (exact) mass is 354 g/mol. The molecule has 0 atom stereocenters. The Morgan fingerprint density at radius 1 is 1.28 bits per heavy atom. The fraction of sp³-hybridized carbons (Fsp3) is 0.400. The van der Waals surface area contributed by atoms with E-state index in [4.69, 9.17) is 4.42 Å². The van der Waals surface area contributed by atoms with E-state index >= 15 is 0 Å². The Kier molecular flexibility index (Phi) is 4.57. The summed E-state index contributed by atoms with van der Waals surface area (Å²) >= 11 is 1.65. The van der Waals surface area contributed by atoms with Gasteiger partial charge in [0.1, 0.15) is 5.52 Å². The second-order valence-corrected chi connectivity index (χ2v) is 7.64. The van der Waals surface area contributed by atoms with E-state index in [1.54, 1.807) is 16.2 Å². The van der Waals surface area contributed by atoms with E-state index in [0.29, 0.717) is 18.0 Å². The zero-order valence-corrected chi connectivity index (χ0v) is 15.2. The molecule has 25 heavy (non-hydrogen) atoms. The third-order valence-corrected chi connectivity index (χ3v) is 5.68. The van der Waals surface area contributed by atoms with Gasteiger partial charge in [-0.1, -0.05) is 19.3 Å². The van der Waals surface area contributed by atoms with E-state index in [2.05, 4.69) is 10.4 Å². The first-order chi connectivity index (χ1) is 12.2. The van der Waals surface area contributed by atoms with Crippen LogP contribution in [0.2, 0.25) is 0 Å². The lowest BCUT2D eigenvalue weighted by molar-refractivity contribution is 0.0785. The van der Waals surface area contributed by atoms with Crippen LogP contribution in [0.4, 0.5) is 0 Å². The van der Waals surface area contributed by atoms with Crippen LogP contribution in [0.5, 0.6) is 0 Å². The minimum atomic E-state index is 0.00344. The van der Waals surface area contributed by atoms with Crippen molar-refractivity contribution < 1.29 is 9.21 Å². The van der Waals surface area contributed by atoms with Gasteiger partial charge in [0.15, 0.2) is 11.5 Å². The van der Waals surface area contributed by atoms with Crippen LogP contribution in [0.15, 0.2) is 39.4 Å². The first-order valence-corrected chi connectivity index (χ1v) is 9.82. The van der Waals surface area contributed by atoms with Gasteiger partial charge in [0.25, 0.3) is 5.91 Å². The van der Waals surface area contributed by atoms with Crippen molar-refractivity contribution in [2.24, 2.45) is 0 Å². The maximum atomic E-state index is 12.7. The molecule has 0 unspecified atom stereocenters. The van der Waals surface area contributed by atoms with E-state index < -0.39 is 0 Å². The maximum Gasteiger partial charge on any atom is 0.254 e. The number of hydrogen-bond acceptors (Lipinski definition) is 4. The first-order valence-electron chi connectivity index (χ1n) is 8.88. The highest BCUT2D eigenvalue weighted by atomic mass is 32.1. The summed E-state index contributed by atoms with van der Waals surface area (Å²) < 4.78 is 6.00. The summed E-state index contributed by atoms with van der Waals surface area (Å²) in [6.07, 6.45) is 6.12. The molecule has 1 aliphatic carbocycles. The Morgan fingerprint density at radius 3 is 2.88 bits per heavy atom. The lowest BCUT2D eigenvalue weighted by Gasteiger charge is -2.17. The molecule has 2 aromatic heterocycles. The Hall–Kier alpha value is -2.14. The van der Waals surface area contributed by atoms with Gasteiger partial charge >= 0.3 is 0 Å². The van der Waals surface area contributed by atoms with Crippen LogP contribution in [0.3, 0.4) is 0 Å². The second-order valence-electron chi connectivity index (χ2n) is 6.86. The number of thiophene rings is 1. The molecule has 0 spiro atoms. The maximum absolute atomic E-state index is 12.7. The van der Waals surface area contributed by atoms with Crippen molar-refractivity contribution in [1.29, 1.82) is 0 Å². The normalized spacial score (nSPS) is 15.6. The molecule has 0 N–H and O–H groups in total. The summed E-state index contributed by atoms with van der Waals surface area (Å²) in [4.78, 5) is 19.1. The van der Waals surface area contributed by atoms with E-state index in [1.807, 2.05) is 36.7 Å². The van der Waals surface area contributed by atoms with Crippen molar-refractivity contribution >= 4 is 28.3 Å².